The molecule has 0 radical (unpaired) electrons. The van der Waals surface area contributed by atoms with Crippen LogP contribution in [0.4, 0.5) is 0 Å². The van der Waals surface area contributed by atoms with Crippen molar-refractivity contribution < 1.29 is 0 Å². The van der Waals surface area contributed by atoms with Gasteiger partial charge in [0.15, 0.2) is 0 Å². The molecule has 0 atom stereocenters. The van der Waals surface area contributed by atoms with E-state index in [1.807, 2.05) is 109 Å². The zero-order chi connectivity index (χ0) is 48.9. The minimum atomic E-state index is 0.507. The number of nitrogens with zero attached hydrogens (tertiary/aromatic N) is 8. The minimum Gasteiger partial charge on any atom is -0.307 e. The fourth-order valence-electron chi connectivity index (χ4n) is 10.2. The van der Waals surface area contributed by atoms with Crippen molar-refractivity contribution in [2.24, 2.45) is 0 Å². The van der Waals surface area contributed by atoms with Crippen molar-refractivity contribution in [1.29, 1.82) is 26.3 Å². The highest BCUT2D eigenvalue weighted by molar-refractivity contribution is 6.14. The van der Waals surface area contributed by atoms with E-state index in [1.54, 1.807) is 24.3 Å². The van der Waals surface area contributed by atoms with Crippen molar-refractivity contribution in [3.05, 3.63) is 234 Å². The van der Waals surface area contributed by atoms with Crippen LogP contribution in [0.2, 0.25) is 0 Å². The molecule has 3 aromatic heterocycles. The third-order valence-electron chi connectivity index (χ3n) is 13.5. The molecule has 8 nitrogen and oxygen atoms in total. The summed E-state index contributed by atoms with van der Waals surface area (Å²) in [6.45, 7) is 0. The normalized spacial score (nSPS) is 11.0. The predicted octanol–water partition coefficient (Wildman–Crippen LogP) is 15.0. The van der Waals surface area contributed by atoms with Gasteiger partial charge in [-0.1, -0.05) is 84.9 Å². The quantitative estimate of drug-likeness (QED) is 0.156. The maximum Gasteiger partial charge on any atom is 0.0991 e. The van der Waals surface area contributed by atoms with E-state index in [-0.39, 0.29) is 0 Å². The van der Waals surface area contributed by atoms with Gasteiger partial charge in [-0.05, 0) is 159 Å². The zero-order valence-electron chi connectivity index (χ0n) is 38.2. The van der Waals surface area contributed by atoms with E-state index in [4.69, 9.17) is 4.98 Å². The summed E-state index contributed by atoms with van der Waals surface area (Å²) in [5.74, 6) is 0. The van der Waals surface area contributed by atoms with Crippen molar-refractivity contribution in [3.8, 4) is 97.4 Å². The first-order valence-electron chi connectivity index (χ1n) is 23.1. The number of hydrogen-bond acceptors (Lipinski definition) is 6. The molecule has 330 valence electrons. The van der Waals surface area contributed by atoms with Crippen LogP contribution in [0, 0.1) is 56.7 Å². The van der Waals surface area contributed by atoms with Crippen LogP contribution in [-0.2, 0) is 0 Å². The van der Waals surface area contributed by atoms with Gasteiger partial charge >= 0.3 is 0 Å². The molecule has 0 fully saturated rings. The Morgan fingerprint density at radius 1 is 0.278 bits per heavy atom. The zero-order valence-corrected chi connectivity index (χ0v) is 38.2. The first-order chi connectivity index (χ1) is 35.4. The molecule has 0 saturated carbocycles. The molecule has 0 unspecified atom stereocenters. The SMILES string of the molecule is N#Cc1cccc(-c2ccc3c(c2)c2cc(-c4cccc(C#N)c4)ccc2n3-c2cncc(-n3c4ccc(-c5cccc(C#N)c5)cc4c4cc(-c5cccc(C#N)c5)ccc43)c2-c2cccc(C#N)c2)c1. The van der Waals surface area contributed by atoms with Crippen LogP contribution in [0.3, 0.4) is 0 Å². The Balaban J connectivity index is 1.17. The molecule has 3 heterocycles. The molecule has 0 aliphatic rings. The Kier molecular flexibility index (Phi) is 10.3. The third-order valence-corrected chi connectivity index (χ3v) is 13.5. The summed E-state index contributed by atoms with van der Waals surface area (Å²) >= 11 is 0. The molecular weight excluding hydrogens is 881 g/mol. The number of rotatable bonds is 7. The van der Waals surface area contributed by atoms with Crippen LogP contribution in [0.5, 0.6) is 0 Å². The first kappa shape index (κ1) is 42.5. The molecule has 12 rings (SSSR count). The van der Waals surface area contributed by atoms with Crippen molar-refractivity contribution in [1.82, 2.24) is 14.1 Å². The van der Waals surface area contributed by atoms with Gasteiger partial charge < -0.3 is 9.13 Å². The Labute approximate surface area is 413 Å². The number of hydrogen-bond donors (Lipinski definition) is 0. The smallest absolute Gasteiger partial charge is 0.0991 e. The summed E-state index contributed by atoms with van der Waals surface area (Å²) in [5.41, 5.74) is 17.2. The van der Waals surface area contributed by atoms with Crippen LogP contribution >= 0.6 is 0 Å². The number of aromatic nitrogens is 3. The molecule has 9 aromatic carbocycles. The summed E-state index contributed by atoms with van der Waals surface area (Å²) < 4.78 is 4.49. The largest absolute Gasteiger partial charge is 0.307 e. The summed E-state index contributed by atoms with van der Waals surface area (Å²) in [4.78, 5) is 5.06. The summed E-state index contributed by atoms with van der Waals surface area (Å²) in [5, 5.41) is 53.5. The van der Waals surface area contributed by atoms with Gasteiger partial charge in [0, 0.05) is 27.1 Å². The molecule has 0 saturated heterocycles. The van der Waals surface area contributed by atoms with Crippen LogP contribution in [0.25, 0.3) is 111 Å². The monoisotopic (exact) mass is 914 g/mol. The van der Waals surface area contributed by atoms with Gasteiger partial charge in [-0.2, -0.15) is 26.3 Å². The van der Waals surface area contributed by atoms with Crippen molar-refractivity contribution in [2.45, 2.75) is 0 Å². The Hall–Kier alpha value is -10.8. The summed E-state index contributed by atoms with van der Waals surface area (Å²) in [6, 6.07) is 75.1. The van der Waals surface area contributed by atoms with Gasteiger partial charge in [0.05, 0.1) is 104 Å². The lowest BCUT2D eigenvalue weighted by Gasteiger charge is -2.20. The molecule has 0 aliphatic carbocycles. The number of pyridine rings is 1. The summed E-state index contributed by atoms with van der Waals surface area (Å²) in [6.07, 6.45) is 3.78. The molecule has 72 heavy (non-hydrogen) atoms. The van der Waals surface area contributed by atoms with Crippen molar-refractivity contribution in [2.75, 3.05) is 0 Å². The maximum absolute atomic E-state index is 10.3. The van der Waals surface area contributed by atoms with E-state index >= 15 is 0 Å². The minimum absolute atomic E-state index is 0.507. The van der Waals surface area contributed by atoms with Crippen LogP contribution in [-0.4, -0.2) is 14.1 Å². The van der Waals surface area contributed by atoms with E-state index in [1.165, 1.54) is 0 Å². The highest BCUT2D eigenvalue weighted by Crippen LogP contribution is 2.44. The van der Waals surface area contributed by atoms with Crippen LogP contribution < -0.4 is 0 Å². The Morgan fingerprint density at radius 3 is 0.806 bits per heavy atom. The average molecular weight is 915 g/mol. The van der Waals surface area contributed by atoms with Gasteiger partial charge in [0.25, 0.3) is 0 Å². The number of nitriles is 5. The molecule has 0 bridgehead atoms. The van der Waals surface area contributed by atoms with E-state index in [0.29, 0.717) is 27.8 Å². The second-order valence-corrected chi connectivity index (χ2v) is 17.6. The fourth-order valence-corrected chi connectivity index (χ4v) is 10.2. The van der Waals surface area contributed by atoms with Gasteiger partial charge in [0.1, 0.15) is 0 Å². The molecular formula is C64H34N8. The van der Waals surface area contributed by atoms with E-state index in [2.05, 4.69) is 112 Å². The second kappa shape index (κ2) is 17.4. The van der Waals surface area contributed by atoms with Crippen LogP contribution in [0.1, 0.15) is 27.8 Å². The Bertz CT molecular complexity index is 3990. The molecule has 0 spiro atoms. The molecule has 8 heteroatoms. The molecule has 12 aromatic rings. The number of benzene rings is 9. The highest BCUT2D eigenvalue weighted by Gasteiger charge is 2.24. The first-order valence-corrected chi connectivity index (χ1v) is 23.1. The predicted molar refractivity (Wildman–Crippen MR) is 284 cm³/mol. The lowest BCUT2D eigenvalue weighted by atomic mass is 9.99. The second-order valence-electron chi connectivity index (χ2n) is 17.6. The maximum atomic E-state index is 10.3. The molecule has 0 amide bonds. The molecule has 0 N–H and O–H groups in total. The lowest BCUT2D eigenvalue weighted by molar-refractivity contribution is 1.09. The molecule has 0 aliphatic heterocycles. The Morgan fingerprint density at radius 2 is 0.528 bits per heavy atom. The fraction of sp³-hybridized carbons (Fsp3) is 0. The van der Waals surface area contributed by atoms with E-state index < -0.39 is 0 Å². The van der Waals surface area contributed by atoms with Gasteiger partial charge in [-0.15, -0.1) is 0 Å². The van der Waals surface area contributed by atoms with Gasteiger partial charge in [-0.3, -0.25) is 4.98 Å². The third kappa shape index (κ3) is 7.17. The van der Waals surface area contributed by atoms with Crippen molar-refractivity contribution in [3.63, 3.8) is 0 Å². The van der Waals surface area contributed by atoms with Gasteiger partial charge in [-0.25, -0.2) is 0 Å². The lowest BCUT2D eigenvalue weighted by Crippen LogP contribution is -2.05. The summed E-state index contributed by atoms with van der Waals surface area (Å²) in [7, 11) is 0. The van der Waals surface area contributed by atoms with Crippen LogP contribution in [0.15, 0.2) is 207 Å². The topological polar surface area (TPSA) is 142 Å². The van der Waals surface area contributed by atoms with E-state index in [0.717, 1.165) is 111 Å². The highest BCUT2D eigenvalue weighted by atomic mass is 15.0. The van der Waals surface area contributed by atoms with Gasteiger partial charge in [0.2, 0.25) is 0 Å². The van der Waals surface area contributed by atoms with Crippen molar-refractivity contribution >= 4 is 43.6 Å². The average Bonchev–Trinajstić information content (AvgIpc) is 3.96. The standard InChI is InChI=1S/C64H34N8/c65-33-40-6-1-11-45(24-40)49-16-20-58-54(29-49)55-30-50(46-12-2-7-41(25-46)34-66)17-21-59(55)71(58)62-38-70-39-63(64(62)53-15-5-10-44(28-53)37-69)72-60-22-18-51(47-13-3-8-42(26-47)35-67)31-56(60)57-32-52(19-23-61(57)72)48-14-4-9-43(27-48)36-68/h1-32,38-39H. The number of fused-ring (bicyclic) bond motifs is 6. The van der Waals surface area contributed by atoms with E-state index in [9.17, 15) is 26.3 Å².